The number of fused-ring (bicyclic) bond motifs is 4. The van der Waals surface area contributed by atoms with Crippen LogP contribution in [0.2, 0.25) is 0 Å². The molecule has 0 aliphatic heterocycles. The van der Waals surface area contributed by atoms with E-state index in [1.165, 1.54) is 42.9 Å². The number of nitrogens with zero attached hydrogens (tertiary/aromatic N) is 1. The molecule has 2 aromatic rings. The second-order valence-corrected chi connectivity index (χ2v) is 7.37. The zero-order chi connectivity index (χ0) is 14.4. The van der Waals surface area contributed by atoms with Crippen LogP contribution in [0, 0.1) is 5.92 Å². The SMILES string of the molecule is CN(C)C12CCC(CC1)[C@@H](c1ccc3ccccc3c1)C2. The highest BCUT2D eigenvalue weighted by Gasteiger charge is 2.47. The van der Waals surface area contributed by atoms with Crippen molar-refractivity contribution < 1.29 is 0 Å². The Kier molecular flexibility index (Phi) is 3.08. The first-order chi connectivity index (χ1) is 10.2. The summed E-state index contributed by atoms with van der Waals surface area (Å²) in [6.07, 6.45) is 6.97. The highest BCUT2D eigenvalue weighted by molar-refractivity contribution is 5.83. The fourth-order valence-corrected chi connectivity index (χ4v) is 4.82. The molecule has 0 aromatic heterocycles. The Balaban J connectivity index is 1.71. The smallest absolute Gasteiger partial charge is 0.0209 e. The van der Waals surface area contributed by atoms with Crippen molar-refractivity contribution in [1.82, 2.24) is 4.90 Å². The third kappa shape index (κ3) is 2.10. The van der Waals surface area contributed by atoms with E-state index in [0.29, 0.717) is 5.54 Å². The molecule has 0 spiro atoms. The summed E-state index contributed by atoms with van der Waals surface area (Å²) in [4.78, 5) is 2.51. The highest BCUT2D eigenvalue weighted by Crippen LogP contribution is 2.53. The van der Waals surface area contributed by atoms with Crippen molar-refractivity contribution in [3.63, 3.8) is 0 Å². The first-order valence-electron chi connectivity index (χ1n) is 8.34. The molecule has 21 heavy (non-hydrogen) atoms. The Hall–Kier alpha value is -1.34. The maximum atomic E-state index is 2.51. The molecule has 2 aromatic carbocycles. The van der Waals surface area contributed by atoms with Crippen LogP contribution in [0.1, 0.15) is 43.6 Å². The third-order valence-corrected chi connectivity index (χ3v) is 6.28. The topological polar surface area (TPSA) is 3.24 Å². The zero-order valence-corrected chi connectivity index (χ0v) is 13.2. The number of benzene rings is 2. The quantitative estimate of drug-likeness (QED) is 0.762. The van der Waals surface area contributed by atoms with Crippen LogP contribution in [0.4, 0.5) is 0 Å². The molecule has 5 rings (SSSR count). The average molecular weight is 279 g/mol. The van der Waals surface area contributed by atoms with Gasteiger partial charge in [-0.25, -0.2) is 0 Å². The van der Waals surface area contributed by atoms with Crippen LogP contribution < -0.4 is 0 Å². The summed E-state index contributed by atoms with van der Waals surface area (Å²) in [5.41, 5.74) is 2.04. The molecule has 1 heteroatoms. The summed E-state index contributed by atoms with van der Waals surface area (Å²) in [7, 11) is 4.56. The molecule has 2 bridgehead atoms. The molecular formula is C20H25N. The van der Waals surface area contributed by atoms with Gasteiger partial charge in [-0.05, 0) is 74.4 Å². The standard InChI is InChI=1S/C20H25N/c1-21(2)20-11-9-16(10-12-20)19(14-20)18-8-7-15-5-3-4-6-17(15)13-18/h3-8,13,16,19H,9-12,14H2,1-2H3/t16?,19-,20?/m0/s1. The van der Waals surface area contributed by atoms with E-state index in [9.17, 15) is 0 Å². The van der Waals surface area contributed by atoms with Gasteiger partial charge in [0.1, 0.15) is 0 Å². The minimum absolute atomic E-state index is 0.463. The molecule has 0 unspecified atom stereocenters. The van der Waals surface area contributed by atoms with Gasteiger partial charge in [0.2, 0.25) is 0 Å². The van der Waals surface area contributed by atoms with Crippen LogP contribution in [0.15, 0.2) is 42.5 Å². The number of rotatable bonds is 2. The summed E-state index contributed by atoms with van der Waals surface area (Å²) >= 11 is 0. The summed E-state index contributed by atoms with van der Waals surface area (Å²) in [6, 6.07) is 15.9. The van der Waals surface area contributed by atoms with E-state index in [4.69, 9.17) is 0 Å². The lowest BCUT2D eigenvalue weighted by Gasteiger charge is -2.54. The summed E-state index contributed by atoms with van der Waals surface area (Å²) in [5, 5.41) is 2.76. The lowest BCUT2D eigenvalue weighted by Crippen LogP contribution is -2.53. The minimum Gasteiger partial charge on any atom is -0.304 e. The first kappa shape index (κ1) is 13.3. The molecule has 0 N–H and O–H groups in total. The third-order valence-electron chi connectivity index (χ3n) is 6.28. The lowest BCUT2D eigenvalue weighted by molar-refractivity contribution is 0.00631. The van der Waals surface area contributed by atoms with Crippen LogP contribution >= 0.6 is 0 Å². The van der Waals surface area contributed by atoms with E-state index in [1.807, 2.05) is 0 Å². The molecule has 0 heterocycles. The Morgan fingerprint density at radius 3 is 2.38 bits per heavy atom. The predicted molar refractivity (Wildman–Crippen MR) is 89.7 cm³/mol. The molecule has 0 saturated heterocycles. The monoisotopic (exact) mass is 279 g/mol. The van der Waals surface area contributed by atoms with Crippen molar-refractivity contribution in [3.8, 4) is 0 Å². The van der Waals surface area contributed by atoms with Crippen LogP contribution in [0.3, 0.4) is 0 Å². The lowest BCUT2D eigenvalue weighted by atomic mass is 9.58. The molecule has 3 aliphatic rings. The van der Waals surface area contributed by atoms with Gasteiger partial charge in [0.15, 0.2) is 0 Å². The predicted octanol–water partition coefficient (Wildman–Crippen LogP) is 4.82. The van der Waals surface area contributed by atoms with E-state index in [0.717, 1.165) is 11.8 Å². The summed E-state index contributed by atoms with van der Waals surface area (Å²) < 4.78 is 0. The van der Waals surface area contributed by atoms with Gasteiger partial charge in [-0.2, -0.15) is 0 Å². The van der Waals surface area contributed by atoms with Gasteiger partial charge < -0.3 is 4.90 Å². The van der Waals surface area contributed by atoms with E-state index in [1.54, 1.807) is 5.56 Å². The van der Waals surface area contributed by atoms with Crippen LogP contribution in [0.25, 0.3) is 10.8 Å². The van der Waals surface area contributed by atoms with E-state index < -0.39 is 0 Å². The molecule has 3 fully saturated rings. The van der Waals surface area contributed by atoms with Crippen molar-refractivity contribution in [2.75, 3.05) is 14.1 Å². The molecule has 0 radical (unpaired) electrons. The maximum Gasteiger partial charge on any atom is 0.0209 e. The molecule has 3 aliphatic carbocycles. The van der Waals surface area contributed by atoms with E-state index in [-0.39, 0.29) is 0 Å². The van der Waals surface area contributed by atoms with Crippen LogP contribution in [-0.4, -0.2) is 24.5 Å². The molecular weight excluding hydrogens is 254 g/mol. The maximum absolute atomic E-state index is 2.51. The van der Waals surface area contributed by atoms with E-state index in [2.05, 4.69) is 61.5 Å². The Morgan fingerprint density at radius 2 is 1.67 bits per heavy atom. The van der Waals surface area contributed by atoms with Gasteiger partial charge in [-0.3, -0.25) is 0 Å². The van der Waals surface area contributed by atoms with Crippen LogP contribution in [-0.2, 0) is 0 Å². The van der Waals surface area contributed by atoms with Crippen molar-refractivity contribution in [2.24, 2.45) is 5.92 Å². The summed E-state index contributed by atoms with van der Waals surface area (Å²) in [5.74, 6) is 1.67. The normalized spacial score (nSPS) is 32.0. The molecule has 1 atom stereocenters. The Bertz CT molecular complexity index is 650. The highest BCUT2D eigenvalue weighted by atomic mass is 15.1. The molecule has 1 nitrogen and oxygen atoms in total. The van der Waals surface area contributed by atoms with Gasteiger partial charge in [-0.15, -0.1) is 0 Å². The van der Waals surface area contributed by atoms with Gasteiger partial charge in [0.25, 0.3) is 0 Å². The molecule has 0 amide bonds. The molecule has 3 saturated carbocycles. The fraction of sp³-hybridized carbons (Fsp3) is 0.500. The fourth-order valence-electron chi connectivity index (χ4n) is 4.82. The Morgan fingerprint density at radius 1 is 0.952 bits per heavy atom. The average Bonchev–Trinajstić information content (AvgIpc) is 2.55. The molecule has 110 valence electrons. The van der Waals surface area contributed by atoms with Crippen molar-refractivity contribution in [3.05, 3.63) is 48.0 Å². The second kappa shape index (κ2) is 4.84. The van der Waals surface area contributed by atoms with Crippen LogP contribution in [0.5, 0.6) is 0 Å². The minimum atomic E-state index is 0.463. The number of hydrogen-bond acceptors (Lipinski definition) is 1. The van der Waals surface area contributed by atoms with Crippen molar-refractivity contribution in [1.29, 1.82) is 0 Å². The largest absolute Gasteiger partial charge is 0.304 e. The van der Waals surface area contributed by atoms with Gasteiger partial charge in [-0.1, -0.05) is 42.5 Å². The number of hydrogen-bond donors (Lipinski definition) is 0. The van der Waals surface area contributed by atoms with Gasteiger partial charge >= 0.3 is 0 Å². The first-order valence-corrected chi connectivity index (χ1v) is 8.34. The summed E-state index contributed by atoms with van der Waals surface area (Å²) in [6.45, 7) is 0. The van der Waals surface area contributed by atoms with Gasteiger partial charge in [0, 0.05) is 5.54 Å². The van der Waals surface area contributed by atoms with Gasteiger partial charge in [0.05, 0.1) is 0 Å². The van der Waals surface area contributed by atoms with Crippen molar-refractivity contribution >= 4 is 10.8 Å². The van der Waals surface area contributed by atoms with Crippen molar-refractivity contribution in [2.45, 2.75) is 43.6 Å². The second-order valence-electron chi connectivity index (χ2n) is 7.37. The Labute approximate surface area is 128 Å². The van der Waals surface area contributed by atoms with E-state index >= 15 is 0 Å². The zero-order valence-electron chi connectivity index (χ0n) is 13.2.